The molecule has 3 N–H and O–H groups in total. The van der Waals surface area contributed by atoms with Crippen LogP contribution in [0.3, 0.4) is 0 Å². The molecule has 63 heavy (non-hydrogen) atoms. The van der Waals surface area contributed by atoms with E-state index in [1.54, 1.807) is 37.9 Å². The van der Waals surface area contributed by atoms with Gasteiger partial charge in [-0.3, -0.25) is 34.8 Å². The van der Waals surface area contributed by atoms with Crippen molar-refractivity contribution in [2.75, 3.05) is 67.9 Å². The van der Waals surface area contributed by atoms with Crippen LogP contribution in [0.15, 0.2) is 85.3 Å². The van der Waals surface area contributed by atoms with E-state index in [2.05, 4.69) is 46.9 Å². The zero-order chi connectivity index (χ0) is 44.6. The minimum atomic E-state index is -0.603. The number of ether oxygens (including phenoxy) is 7. The van der Waals surface area contributed by atoms with Crippen molar-refractivity contribution in [1.29, 1.82) is 0 Å². The number of rotatable bonds is 9. The number of methoxy groups -OCH3 is 4. The van der Waals surface area contributed by atoms with E-state index in [1.165, 1.54) is 43.9 Å². The molecule has 332 valence electrons. The molecule has 0 saturated heterocycles. The average molecular weight is 866 g/mol. The number of benzene rings is 2. The predicted octanol–water partition coefficient (Wildman–Crippen LogP) is 4.23. The van der Waals surface area contributed by atoms with Crippen molar-refractivity contribution in [3.8, 4) is 28.7 Å². The summed E-state index contributed by atoms with van der Waals surface area (Å²) in [6.07, 6.45) is 4.47. The van der Waals surface area contributed by atoms with Gasteiger partial charge in [0, 0.05) is 70.9 Å². The van der Waals surface area contributed by atoms with Gasteiger partial charge in [0.25, 0.3) is 5.91 Å². The van der Waals surface area contributed by atoms with Gasteiger partial charge in [-0.05, 0) is 53.6 Å². The molecule has 5 aromatic rings. The molecule has 3 aliphatic rings. The van der Waals surface area contributed by atoms with E-state index >= 15 is 0 Å². The highest BCUT2D eigenvalue weighted by molar-refractivity contribution is 5.93. The number of carbonyl (C=O) groups excluding carboxylic acids is 3. The summed E-state index contributed by atoms with van der Waals surface area (Å²) in [5.41, 5.74) is 7.48. The molecule has 18 nitrogen and oxygen atoms in total. The minimum absolute atomic E-state index is 0.264. The van der Waals surface area contributed by atoms with Crippen molar-refractivity contribution in [2.24, 2.45) is 0 Å². The van der Waals surface area contributed by atoms with Gasteiger partial charge in [0.15, 0.2) is 0 Å². The number of esters is 2. The van der Waals surface area contributed by atoms with Crippen molar-refractivity contribution in [1.82, 2.24) is 35.5 Å². The van der Waals surface area contributed by atoms with E-state index in [0.29, 0.717) is 67.8 Å². The summed E-state index contributed by atoms with van der Waals surface area (Å²) in [7, 11) is 6.00. The smallest absolute Gasteiger partial charge is 0.339 e. The van der Waals surface area contributed by atoms with Crippen LogP contribution in [0.5, 0.6) is 28.7 Å². The number of aromatic nitrogens is 3. The Morgan fingerprint density at radius 3 is 1.52 bits per heavy atom. The largest absolute Gasteiger partial charge is 0.497 e. The van der Waals surface area contributed by atoms with Crippen molar-refractivity contribution >= 4 is 17.8 Å². The van der Waals surface area contributed by atoms with Crippen LogP contribution in [0.1, 0.15) is 59.3 Å². The molecule has 0 spiro atoms. The molecule has 0 unspecified atom stereocenters. The van der Waals surface area contributed by atoms with E-state index < -0.39 is 17.8 Å². The Morgan fingerprint density at radius 1 is 0.635 bits per heavy atom. The third-order valence-electron chi connectivity index (χ3n) is 10.0. The SMILES string of the molecule is COC(=O)c1cnc2c(c1)OCCN(Cc1ccc(OC)cc1)C2.COC(=O)c1cnc2c(c1)OCCNC2.COc1ccc(CN2CCOc3cc(C(=O)NO)cnc3C2)cc1. The summed E-state index contributed by atoms with van der Waals surface area (Å²) in [5, 5.41) is 11.9. The fraction of sp³-hybridized carbons (Fsp3) is 0.333. The van der Waals surface area contributed by atoms with Crippen LogP contribution in [0, 0.1) is 0 Å². The number of hydrogen-bond donors (Lipinski definition) is 3. The van der Waals surface area contributed by atoms with Gasteiger partial charge in [0.2, 0.25) is 0 Å². The van der Waals surface area contributed by atoms with Crippen LogP contribution in [0.2, 0.25) is 0 Å². The summed E-state index contributed by atoms with van der Waals surface area (Å²) in [5.74, 6) is 2.15. The van der Waals surface area contributed by atoms with E-state index in [9.17, 15) is 14.4 Å². The quantitative estimate of drug-likeness (QED) is 0.108. The monoisotopic (exact) mass is 865 g/mol. The molecule has 0 saturated carbocycles. The highest BCUT2D eigenvalue weighted by atomic mass is 16.5. The van der Waals surface area contributed by atoms with Crippen LogP contribution >= 0.6 is 0 Å². The van der Waals surface area contributed by atoms with Gasteiger partial charge in [-0.2, -0.15) is 0 Å². The van der Waals surface area contributed by atoms with E-state index in [4.69, 9.17) is 33.6 Å². The van der Waals surface area contributed by atoms with Crippen molar-refractivity contribution < 1.29 is 52.7 Å². The van der Waals surface area contributed by atoms with Gasteiger partial charge in [-0.25, -0.2) is 15.1 Å². The third-order valence-corrected chi connectivity index (χ3v) is 10.0. The number of amides is 1. The molecule has 0 fully saturated rings. The zero-order valence-corrected chi connectivity index (χ0v) is 35.6. The molecule has 2 aromatic carbocycles. The lowest BCUT2D eigenvalue weighted by atomic mass is 10.2. The molecular weight excluding hydrogens is 815 g/mol. The molecule has 3 aromatic heterocycles. The van der Waals surface area contributed by atoms with Gasteiger partial charge in [-0.15, -0.1) is 0 Å². The van der Waals surface area contributed by atoms with Crippen molar-refractivity contribution in [3.05, 3.63) is 130 Å². The number of fused-ring (bicyclic) bond motifs is 3. The Labute approximate surface area is 365 Å². The summed E-state index contributed by atoms with van der Waals surface area (Å²) >= 11 is 0. The summed E-state index contributed by atoms with van der Waals surface area (Å²) in [4.78, 5) is 51.7. The van der Waals surface area contributed by atoms with Crippen LogP contribution in [0.25, 0.3) is 0 Å². The first-order chi connectivity index (χ1) is 30.7. The van der Waals surface area contributed by atoms with Crippen LogP contribution in [0.4, 0.5) is 0 Å². The molecule has 0 atom stereocenters. The fourth-order valence-corrected chi connectivity index (χ4v) is 6.65. The molecule has 18 heteroatoms. The molecule has 6 heterocycles. The van der Waals surface area contributed by atoms with Gasteiger partial charge in [0.05, 0.1) is 62.2 Å². The van der Waals surface area contributed by atoms with Crippen LogP contribution < -0.4 is 34.5 Å². The third kappa shape index (κ3) is 12.8. The normalized spacial score (nSPS) is 14.4. The molecule has 3 aliphatic heterocycles. The van der Waals surface area contributed by atoms with E-state index in [1.807, 2.05) is 36.4 Å². The Hall–Kier alpha value is -6.86. The maximum absolute atomic E-state index is 11.6. The maximum atomic E-state index is 11.6. The molecule has 0 bridgehead atoms. The number of carbonyl (C=O) groups is 3. The van der Waals surface area contributed by atoms with Gasteiger partial charge < -0.3 is 38.5 Å². The second-order valence-corrected chi connectivity index (χ2v) is 14.3. The van der Waals surface area contributed by atoms with Gasteiger partial charge >= 0.3 is 11.9 Å². The predicted molar refractivity (Wildman–Crippen MR) is 227 cm³/mol. The van der Waals surface area contributed by atoms with Crippen molar-refractivity contribution in [2.45, 2.75) is 32.7 Å². The number of nitrogens with one attached hydrogen (secondary N) is 2. The fourth-order valence-electron chi connectivity index (χ4n) is 6.65. The van der Waals surface area contributed by atoms with Crippen LogP contribution in [-0.4, -0.2) is 116 Å². The Kier molecular flexibility index (Phi) is 16.5. The maximum Gasteiger partial charge on any atom is 0.339 e. The lowest BCUT2D eigenvalue weighted by Crippen LogP contribution is -2.25. The van der Waals surface area contributed by atoms with Gasteiger partial charge in [0.1, 0.15) is 48.6 Å². The second kappa shape index (κ2) is 22.8. The highest BCUT2D eigenvalue weighted by Crippen LogP contribution is 2.26. The molecule has 1 amide bonds. The van der Waals surface area contributed by atoms with E-state index in [-0.39, 0.29) is 5.56 Å². The lowest BCUT2D eigenvalue weighted by Gasteiger charge is -2.19. The molecule has 8 rings (SSSR count). The number of hydroxylamine groups is 1. The minimum Gasteiger partial charge on any atom is -0.497 e. The Balaban J connectivity index is 0.000000162. The first-order valence-electron chi connectivity index (χ1n) is 20.1. The topological polar surface area (TPSA) is 205 Å². The van der Waals surface area contributed by atoms with Crippen LogP contribution in [-0.2, 0) is 42.2 Å². The summed E-state index contributed by atoms with van der Waals surface area (Å²) in [6, 6.07) is 20.9. The lowest BCUT2D eigenvalue weighted by molar-refractivity contribution is 0.0591. The molecule has 0 aliphatic carbocycles. The molecular formula is C45H51N7O11. The van der Waals surface area contributed by atoms with Gasteiger partial charge in [-0.1, -0.05) is 24.3 Å². The second-order valence-electron chi connectivity index (χ2n) is 14.3. The zero-order valence-electron chi connectivity index (χ0n) is 35.6. The standard InChI is InChI=1S/C18H20N2O4.C17H19N3O4.C10H12N2O3/c1-22-15-5-3-13(4-6-15)11-20-7-8-24-17-9-14(18(21)23-2)10-19-16(17)12-20;1-23-14-4-2-12(3-5-14)10-20-6-7-24-16-8-13(17(21)19-22)9-18-15(16)11-20;1-14-10(13)7-4-9-8(12-5-7)6-11-2-3-15-9/h3-6,9-10H,7-8,11-12H2,1-2H3;2-5,8-9,22H,6-7,10-11H2,1H3,(H,19,21);4-5,11H,2-3,6H2,1H3. The molecule has 0 radical (unpaired) electrons. The highest BCUT2D eigenvalue weighted by Gasteiger charge is 2.21. The summed E-state index contributed by atoms with van der Waals surface area (Å²) < 4.78 is 36.6. The van der Waals surface area contributed by atoms with E-state index in [0.717, 1.165) is 61.3 Å². The van der Waals surface area contributed by atoms with Crippen molar-refractivity contribution in [3.63, 3.8) is 0 Å². The summed E-state index contributed by atoms with van der Waals surface area (Å²) in [6.45, 7) is 7.50. The Morgan fingerprint density at radius 2 is 1.06 bits per heavy atom. The number of nitrogens with zero attached hydrogens (tertiary/aromatic N) is 5. The number of hydrogen-bond acceptors (Lipinski definition) is 17. The first kappa shape index (κ1) is 45.7. The average Bonchev–Trinajstić information content (AvgIpc) is 3.78. The number of pyridine rings is 3. The first-order valence-corrected chi connectivity index (χ1v) is 20.1. The Bertz CT molecular complexity index is 2190.